The number of halogens is 1. The molecule has 0 aromatic heterocycles. The number of benzene rings is 2. The van der Waals surface area contributed by atoms with Gasteiger partial charge in [-0.3, -0.25) is 0 Å². The number of carbonyl (C=O) groups is 1. The van der Waals surface area contributed by atoms with Gasteiger partial charge in [-0.15, -0.1) is 0 Å². The van der Waals surface area contributed by atoms with E-state index in [1.807, 2.05) is 26.0 Å². The van der Waals surface area contributed by atoms with Crippen molar-refractivity contribution in [2.45, 2.75) is 13.8 Å². The lowest BCUT2D eigenvalue weighted by Gasteiger charge is -2.04. The van der Waals surface area contributed by atoms with Gasteiger partial charge in [0.25, 0.3) is 0 Å². The van der Waals surface area contributed by atoms with Gasteiger partial charge in [0.05, 0.1) is 0 Å². The molecule has 0 aliphatic carbocycles. The number of ether oxygens (including phenoxy) is 1. The largest absolute Gasteiger partial charge is 0.423 e. The summed E-state index contributed by atoms with van der Waals surface area (Å²) in [6, 6.07) is 11.3. The molecule has 0 saturated carbocycles. The van der Waals surface area contributed by atoms with Gasteiger partial charge in [-0.2, -0.15) is 0 Å². The fourth-order valence-electron chi connectivity index (χ4n) is 1.67. The zero-order valence-electron chi connectivity index (χ0n) is 11.4. The maximum atomic E-state index is 12.7. The lowest BCUT2D eigenvalue weighted by molar-refractivity contribution is -0.128. The van der Waals surface area contributed by atoms with Gasteiger partial charge in [-0.25, -0.2) is 9.18 Å². The van der Waals surface area contributed by atoms with Crippen LogP contribution in [0.5, 0.6) is 5.75 Å². The summed E-state index contributed by atoms with van der Waals surface area (Å²) in [6.45, 7) is 3.95. The van der Waals surface area contributed by atoms with Crippen LogP contribution in [0.15, 0.2) is 48.5 Å². The van der Waals surface area contributed by atoms with E-state index in [4.69, 9.17) is 4.74 Å². The Balaban J connectivity index is 2.01. The first-order valence-corrected chi connectivity index (χ1v) is 6.27. The average molecular weight is 270 g/mol. The van der Waals surface area contributed by atoms with E-state index in [2.05, 4.69) is 0 Å². The van der Waals surface area contributed by atoms with Crippen molar-refractivity contribution in [1.29, 1.82) is 0 Å². The van der Waals surface area contributed by atoms with Crippen molar-refractivity contribution >= 4 is 12.0 Å². The standard InChI is InChI=1S/C17H15FO2/c1-12-3-9-16(11-13(12)2)20-17(19)10-6-14-4-7-15(18)8-5-14/h3-11H,1-2H3/b10-6+. The van der Waals surface area contributed by atoms with Gasteiger partial charge < -0.3 is 4.74 Å². The molecule has 2 aromatic rings. The van der Waals surface area contributed by atoms with Gasteiger partial charge >= 0.3 is 5.97 Å². The molecule has 0 fully saturated rings. The molecular formula is C17H15FO2. The summed E-state index contributed by atoms with van der Waals surface area (Å²) < 4.78 is 17.9. The van der Waals surface area contributed by atoms with Crippen molar-refractivity contribution in [3.63, 3.8) is 0 Å². The van der Waals surface area contributed by atoms with Crippen LogP contribution in [-0.4, -0.2) is 5.97 Å². The quantitative estimate of drug-likeness (QED) is 0.477. The highest BCUT2D eigenvalue weighted by atomic mass is 19.1. The van der Waals surface area contributed by atoms with Crippen molar-refractivity contribution in [1.82, 2.24) is 0 Å². The smallest absolute Gasteiger partial charge is 0.336 e. The molecule has 0 N–H and O–H groups in total. The molecule has 0 unspecified atom stereocenters. The van der Waals surface area contributed by atoms with Gasteiger partial charge in [0.15, 0.2) is 0 Å². The Morgan fingerprint density at radius 1 is 1.05 bits per heavy atom. The van der Waals surface area contributed by atoms with E-state index in [-0.39, 0.29) is 5.82 Å². The third kappa shape index (κ3) is 3.79. The van der Waals surface area contributed by atoms with Crippen LogP contribution in [0.1, 0.15) is 16.7 Å². The number of hydrogen-bond donors (Lipinski definition) is 0. The molecule has 0 amide bonds. The third-order valence-corrected chi connectivity index (χ3v) is 2.98. The Hall–Kier alpha value is -2.42. The lowest BCUT2D eigenvalue weighted by atomic mass is 10.1. The summed E-state index contributed by atoms with van der Waals surface area (Å²) >= 11 is 0. The molecule has 0 atom stereocenters. The second-order valence-electron chi connectivity index (χ2n) is 4.55. The van der Waals surface area contributed by atoms with E-state index in [1.165, 1.54) is 18.2 Å². The molecule has 0 bridgehead atoms. The first-order chi connectivity index (χ1) is 9.54. The van der Waals surface area contributed by atoms with E-state index in [0.717, 1.165) is 16.7 Å². The van der Waals surface area contributed by atoms with E-state index in [0.29, 0.717) is 5.75 Å². The number of hydrogen-bond acceptors (Lipinski definition) is 2. The molecule has 102 valence electrons. The zero-order valence-corrected chi connectivity index (χ0v) is 11.4. The van der Waals surface area contributed by atoms with Gasteiger partial charge in [-0.05, 0) is 60.9 Å². The maximum absolute atomic E-state index is 12.7. The molecule has 0 aliphatic heterocycles. The van der Waals surface area contributed by atoms with Gasteiger partial charge in [0.2, 0.25) is 0 Å². The summed E-state index contributed by atoms with van der Waals surface area (Å²) in [6.07, 6.45) is 2.91. The highest BCUT2D eigenvalue weighted by Crippen LogP contribution is 2.16. The molecule has 2 aromatic carbocycles. The molecule has 0 spiro atoms. The van der Waals surface area contributed by atoms with Gasteiger partial charge in [0, 0.05) is 6.08 Å². The average Bonchev–Trinajstić information content (AvgIpc) is 2.42. The lowest BCUT2D eigenvalue weighted by Crippen LogP contribution is -2.03. The predicted octanol–water partition coefficient (Wildman–Crippen LogP) is 4.06. The van der Waals surface area contributed by atoms with Crippen molar-refractivity contribution in [2.24, 2.45) is 0 Å². The van der Waals surface area contributed by atoms with Crippen LogP contribution in [0.25, 0.3) is 6.08 Å². The Bertz CT molecular complexity index is 643. The second-order valence-corrected chi connectivity index (χ2v) is 4.55. The SMILES string of the molecule is Cc1ccc(OC(=O)/C=C/c2ccc(F)cc2)cc1C. The Morgan fingerprint density at radius 2 is 1.75 bits per heavy atom. The normalized spacial score (nSPS) is 10.8. The molecule has 20 heavy (non-hydrogen) atoms. The minimum Gasteiger partial charge on any atom is -0.423 e. The summed E-state index contributed by atoms with van der Waals surface area (Å²) in [7, 11) is 0. The predicted molar refractivity (Wildman–Crippen MR) is 77.0 cm³/mol. The van der Waals surface area contributed by atoms with Crippen molar-refractivity contribution in [3.8, 4) is 5.75 Å². The van der Waals surface area contributed by atoms with Crippen LogP contribution >= 0.6 is 0 Å². The number of aryl methyl sites for hydroxylation is 2. The second kappa shape index (κ2) is 6.15. The fourth-order valence-corrected chi connectivity index (χ4v) is 1.67. The minimum absolute atomic E-state index is 0.306. The van der Waals surface area contributed by atoms with Crippen molar-refractivity contribution < 1.29 is 13.9 Å². The molecule has 0 aliphatic rings. The Labute approximate surface area is 117 Å². The van der Waals surface area contributed by atoms with Crippen LogP contribution in [0.4, 0.5) is 4.39 Å². The molecule has 2 nitrogen and oxygen atoms in total. The first-order valence-electron chi connectivity index (χ1n) is 6.27. The first kappa shape index (κ1) is 14.0. The Kier molecular flexibility index (Phi) is 4.31. The summed E-state index contributed by atoms with van der Waals surface area (Å²) in [4.78, 5) is 11.7. The molecular weight excluding hydrogens is 255 g/mol. The van der Waals surface area contributed by atoms with Crippen LogP contribution in [0, 0.1) is 19.7 Å². The summed E-state index contributed by atoms with van der Waals surface area (Å²) in [5.41, 5.74) is 2.95. The van der Waals surface area contributed by atoms with Crippen LogP contribution in [-0.2, 0) is 4.79 Å². The minimum atomic E-state index is -0.461. The highest BCUT2D eigenvalue weighted by Gasteiger charge is 2.02. The van der Waals surface area contributed by atoms with Gasteiger partial charge in [0.1, 0.15) is 11.6 Å². The van der Waals surface area contributed by atoms with E-state index >= 15 is 0 Å². The Morgan fingerprint density at radius 3 is 2.40 bits per heavy atom. The monoisotopic (exact) mass is 270 g/mol. The summed E-state index contributed by atoms with van der Waals surface area (Å²) in [5.74, 6) is -0.251. The number of esters is 1. The van der Waals surface area contributed by atoms with Crippen molar-refractivity contribution in [3.05, 3.63) is 71.0 Å². The van der Waals surface area contributed by atoms with E-state index < -0.39 is 5.97 Å². The maximum Gasteiger partial charge on any atom is 0.336 e. The summed E-state index contributed by atoms with van der Waals surface area (Å²) in [5, 5.41) is 0. The topological polar surface area (TPSA) is 26.3 Å². The molecule has 0 saturated heterocycles. The van der Waals surface area contributed by atoms with Crippen LogP contribution in [0.2, 0.25) is 0 Å². The highest BCUT2D eigenvalue weighted by molar-refractivity contribution is 5.88. The van der Waals surface area contributed by atoms with Crippen LogP contribution in [0.3, 0.4) is 0 Å². The van der Waals surface area contributed by atoms with Crippen molar-refractivity contribution in [2.75, 3.05) is 0 Å². The van der Waals surface area contributed by atoms with Gasteiger partial charge in [-0.1, -0.05) is 18.2 Å². The fraction of sp³-hybridized carbons (Fsp3) is 0.118. The molecule has 3 heteroatoms. The van der Waals surface area contributed by atoms with E-state index in [9.17, 15) is 9.18 Å². The number of carbonyl (C=O) groups excluding carboxylic acids is 1. The third-order valence-electron chi connectivity index (χ3n) is 2.98. The van der Waals surface area contributed by atoms with Crippen LogP contribution < -0.4 is 4.74 Å². The molecule has 0 heterocycles. The molecule has 2 rings (SSSR count). The zero-order chi connectivity index (χ0) is 14.5. The molecule has 0 radical (unpaired) electrons. The van der Waals surface area contributed by atoms with E-state index in [1.54, 1.807) is 24.3 Å². The number of rotatable bonds is 3.